The standard InChI is InChI=1S/C22H10Br2Se2/c23-21-9-17-15-3-1-11-12(14(15)6-8-19(17)25-21)2-4-16-13(11)5-7-20-18(16)10-22(24)26-20/h1-10H. The van der Waals surface area contributed by atoms with Gasteiger partial charge in [-0.3, -0.25) is 0 Å². The fraction of sp³-hybridized carbons (Fsp3) is 0. The van der Waals surface area contributed by atoms with E-state index < -0.39 is 0 Å². The Morgan fingerprint density at radius 1 is 0.423 bits per heavy atom. The van der Waals surface area contributed by atoms with Crippen molar-refractivity contribution in [1.82, 2.24) is 0 Å². The molecule has 0 nitrogen and oxygen atoms in total. The molecule has 0 bridgehead atoms. The van der Waals surface area contributed by atoms with Crippen molar-refractivity contribution < 1.29 is 0 Å². The molecule has 0 saturated carbocycles. The van der Waals surface area contributed by atoms with Crippen LogP contribution in [-0.2, 0) is 0 Å². The fourth-order valence-electron chi connectivity index (χ4n) is 4.02. The molecule has 4 aromatic carbocycles. The maximum atomic E-state index is 3.70. The van der Waals surface area contributed by atoms with Crippen LogP contribution in [0, 0.1) is 0 Å². The zero-order chi connectivity index (χ0) is 17.4. The molecule has 124 valence electrons. The van der Waals surface area contributed by atoms with Crippen LogP contribution in [0.1, 0.15) is 0 Å². The Morgan fingerprint density at radius 3 is 1.12 bits per heavy atom. The Morgan fingerprint density at radius 2 is 0.731 bits per heavy atom. The quantitative estimate of drug-likeness (QED) is 0.131. The van der Waals surface area contributed by atoms with E-state index in [1.807, 2.05) is 0 Å². The van der Waals surface area contributed by atoms with Crippen molar-refractivity contribution in [3.05, 3.63) is 67.4 Å². The summed E-state index contributed by atoms with van der Waals surface area (Å²) in [4.78, 5) is 0. The summed E-state index contributed by atoms with van der Waals surface area (Å²) in [5.74, 6) is 0. The van der Waals surface area contributed by atoms with Crippen LogP contribution in [0.3, 0.4) is 0 Å². The second-order valence-corrected chi connectivity index (χ2v) is 15.1. The molecule has 0 saturated heterocycles. The van der Waals surface area contributed by atoms with E-state index in [9.17, 15) is 0 Å². The summed E-state index contributed by atoms with van der Waals surface area (Å²) in [7, 11) is 0. The van der Waals surface area contributed by atoms with Crippen LogP contribution in [0.2, 0.25) is 0 Å². The van der Waals surface area contributed by atoms with E-state index in [0.717, 1.165) is 0 Å². The average molecular weight is 592 g/mol. The average Bonchev–Trinajstić information content (AvgIpc) is 3.21. The second kappa shape index (κ2) is 5.82. The molecule has 2 heterocycles. The van der Waals surface area contributed by atoms with E-state index in [0.29, 0.717) is 29.0 Å². The first kappa shape index (κ1) is 16.1. The first-order valence-corrected chi connectivity index (χ1v) is 13.3. The SMILES string of the molecule is Brc1cc2c(ccc3c2ccc2c4ccc5[se]c(Br)cc5c4ccc32)[se]1. The van der Waals surface area contributed by atoms with Gasteiger partial charge in [0.15, 0.2) is 0 Å². The van der Waals surface area contributed by atoms with Crippen LogP contribution in [0.25, 0.3) is 51.6 Å². The third-order valence-electron chi connectivity index (χ3n) is 5.13. The number of halogens is 2. The monoisotopic (exact) mass is 592 g/mol. The van der Waals surface area contributed by atoms with Gasteiger partial charge in [-0.25, -0.2) is 0 Å². The third kappa shape index (κ3) is 2.24. The van der Waals surface area contributed by atoms with Gasteiger partial charge in [0.05, 0.1) is 0 Å². The van der Waals surface area contributed by atoms with Gasteiger partial charge in [-0.1, -0.05) is 0 Å². The Labute approximate surface area is 178 Å². The second-order valence-electron chi connectivity index (χ2n) is 6.47. The van der Waals surface area contributed by atoms with Crippen LogP contribution in [-0.4, -0.2) is 29.0 Å². The van der Waals surface area contributed by atoms with Gasteiger partial charge in [0, 0.05) is 0 Å². The summed E-state index contributed by atoms with van der Waals surface area (Å²) in [5.41, 5.74) is 0. The molecule has 0 aliphatic rings. The van der Waals surface area contributed by atoms with Gasteiger partial charge >= 0.3 is 180 Å². The van der Waals surface area contributed by atoms with E-state index in [-0.39, 0.29) is 0 Å². The van der Waals surface area contributed by atoms with Crippen molar-refractivity contribution in [2.24, 2.45) is 0 Å². The molecule has 0 aliphatic heterocycles. The minimum atomic E-state index is 0.421. The van der Waals surface area contributed by atoms with Gasteiger partial charge in [0.2, 0.25) is 0 Å². The van der Waals surface area contributed by atoms with E-state index in [1.165, 1.54) is 58.3 Å². The molecule has 0 spiro atoms. The molecular weight excluding hydrogens is 582 g/mol. The van der Waals surface area contributed by atoms with Crippen LogP contribution >= 0.6 is 31.9 Å². The summed E-state index contributed by atoms with van der Waals surface area (Å²) in [6, 6.07) is 23.1. The number of benzene rings is 4. The number of hydrogen-bond acceptors (Lipinski definition) is 0. The van der Waals surface area contributed by atoms with Crippen molar-refractivity contribution in [3.63, 3.8) is 0 Å². The third-order valence-corrected chi connectivity index (χ3v) is 11.0. The maximum absolute atomic E-state index is 3.70. The predicted octanol–water partition coefficient (Wildman–Crippen LogP) is 7.09. The Hall–Kier alpha value is -0.861. The fourth-order valence-corrected chi connectivity index (χ4v) is 9.65. The molecule has 0 radical (unpaired) electrons. The van der Waals surface area contributed by atoms with E-state index in [1.54, 1.807) is 0 Å². The molecule has 0 fully saturated rings. The van der Waals surface area contributed by atoms with Crippen molar-refractivity contribution in [1.29, 1.82) is 0 Å². The van der Waals surface area contributed by atoms with E-state index >= 15 is 0 Å². The predicted molar refractivity (Wildman–Crippen MR) is 123 cm³/mol. The molecule has 0 amide bonds. The van der Waals surface area contributed by atoms with Gasteiger partial charge in [-0.2, -0.15) is 0 Å². The van der Waals surface area contributed by atoms with Gasteiger partial charge in [0.25, 0.3) is 0 Å². The molecule has 0 N–H and O–H groups in total. The van der Waals surface area contributed by atoms with Gasteiger partial charge in [0.1, 0.15) is 0 Å². The normalized spacial score (nSPS) is 12.2. The summed E-state index contributed by atoms with van der Waals surface area (Å²) in [6.07, 6.45) is 0. The molecule has 6 rings (SSSR count). The Bertz CT molecular complexity index is 1390. The molecule has 2 aromatic heterocycles. The Balaban J connectivity index is 1.81. The van der Waals surface area contributed by atoms with E-state index in [4.69, 9.17) is 0 Å². The molecule has 0 atom stereocenters. The summed E-state index contributed by atoms with van der Waals surface area (Å²) in [5, 5.41) is 11.0. The molecular formula is C22H10Br2Se2. The molecule has 0 aliphatic carbocycles. The van der Waals surface area contributed by atoms with Gasteiger partial charge < -0.3 is 0 Å². The van der Waals surface area contributed by atoms with Crippen molar-refractivity contribution in [2.75, 3.05) is 0 Å². The first-order chi connectivity index (χ1) is 12.7. The van der Waals surface area contributed by atoms with Gasteiger partial charge in [-0.15, -0.1) is 0 Å². The zero-order valence-electron chi connectivity index (χ0n) is 13.3. The van der Waals surface area contributed by atoms with Crippen LogP contribution < -0.4 is 0 Å². The molecule has 4 heteroatoms. The Kier molecular flexibility index (Phi) is 3.61. The topological polar surface area (TPSA) is 0 Å². The number of fused-ring (bicyclic) bond motifs is 9. The first-order valence-electron chi connectivity index (χ1n) is 8.24. The molecule has 6 aromatic rings. The zero-order valence-corrected chi connectivity index (χ0v) is 19.9. The van der Waals surface area contributed by atoms with Crippen LogP contribution in [0.5, 0.6) is 0 Å². The summed E-state index contributed by atoms with van der Waals surface area (Å²) >= 11 is 8.24. The van der Waals surface area contributed by atoms with Crippen LogP contribution in [0.15, 0.2) is 67.4 Å². The van der Waals surface area contributed by atoms with Crippen LogP contribution in [0.4, 0.5) is 0 Å². The molecule has 0 unspecified atom stereocenters. The van der Waals surface area contributed by atoms with Crippen molar-refractivity contribution in [3.8, 4) is 0 Å². The number of hydrogen-bond donors (Lipinski definition) is 0. The summed E-state index contributed by atoms with van der Waals surface area (Å²) in [6.45, 7) is 0. The van der Waals surface area contributed by atoms with Crippen molar-refractivity contribution >= 4 is 112 Å². The molecule has 26 heavy (non-hydrogen) atoms. The number of rotatable bonds is 0. The van der Waals surface area contributed by atoms with E-state index in [2.05, 4.69) is 92.5 Å². The minimum absolute atomic E-state index is 0.421. The van der Waals surface area contributed by atoms with Gasteiger partial charge in [-0.05, 0) is 0 Å². The summed E-state index contributed by atoms with van der Waals surface area (Å²) < 4.78 is 5.63. The van der Waals surface area contributed by atoms with Crippen molar-refractivity contribution in [2.45, 2.75) is 0 Å².